The van der Waals surface area contributed by atoms with E-state index in [1.165, 1.54) is 11.1 Å². The molecule has 1 unspecified atom stereocenters. The van der Waals surface area contributed by atoms with Crippen LogP contribution in [0.3, 0.4) is 0 Å². The standard InChI is InChI=1S/C22H34N4O3/c1-23-21(25-16-22(9-13-27)10-14-29-17-22)24-11-4-7-20(28)26-12-8-18-5-2-3-6-19(18)15-26/h2-3,5-6,27H,4,7-17H2,1H3,(H2,23,24,25). The normalized spacial score (nSPS) is 21.7. The predicted octanol–water partition coefficient (Wildman–Crippen LogP) is 1.31. The molecule has 1 saturated heterocycles. The first-order valence-corrected chi connectivity index (χ1v) is 10.6. The van der Waals surface area contributed by atoms with Gasteiger partial charge in [0.05, 0.1) is 6.61 Å². The van der Waals surface area contributed by atoms with E-state index in [9.17, 15) is 9.90 Å². The Morgan fingerprint density at radius 2 is 2.14 bits per heavy atom. The summed E-state index contributed by atoms with van der Waals surface area (Å²) in [5.74, 6) is 0.947. The van der Waals surface area contributed by atoms with Gasteiger partial charge in [-0.2, -0.15) is 0 Å². The Labute approximate surface area is 173 Å². The predicted molar refractivity (Wildman–Crippen MR) is 114 cm³/mol. The Balaban J connectivity index is 1.36. The maximum atomic E-state index is 12.6. The van der Waals surface area contributed by atoms with E-state index in [4.69, 9.17) is 4.74 Å². The number of guanidine groups is 1. The van der Waals surface area contributed by atoms with Gasteiger partial charge in [-0.1, -0.05) is 24.3 Å². The molecule has 0 radical (unpaired) electrons. The van der Waals surface area contributed by atoms with Gasteiger partial charge in [-0.15, -0.1) is 0 Å². The molecule has 1 fully saturated rings. The van der Waals surface area contributed by atoms with Crippen molar-refractivity contribution in [3.05, 3.63) is 35.4 Å². The molecule has 1 aromatic carbocycles. The summed E-state index contributed by atoms with van der Waals surface area (Å²) in [7, 11) is 1.75. The van der Waals surface area contributed by atoms with E-state index < -0.39 is 0 Å². The number of carbonyl (C=O) groups excluding carboxylic acids is 1. The number of ether oxygens (including phenoxy) is 1. The Hall–Kier alpha value is -2.12. The lowest BCUT2D eigenvalue weighted by Gasteiger charge is -2.29. The van der Waals surface area contributed by atoms with Gasteiger partial charge in [0.1, 0.15) is 0 Å². The summed E-state index contributed by atoms with van der Waals surface area (Å²) in [5, 5.41) is 16.0. The molecule has 0 saturated carbocycles. The second kappa shape index (κ2) is 10.6. The van der Waals surface area contributed by atoms with Crippen LogP contribution in [0, 0.1) is 5.41 Å². The quantitative estimate of drug-likeness (QED) is 0.347. The molecule has 1 aromatic rings. The summed E-state index contributed by atoms with van der Waals surface area (Å²) < 4.78 is 5.53. The SMILES string of the molecule is CN=C(NCCCC(=O)N1CCc2ccccc2C1)NCC1(CCO)CCOC1. The van der Waals surface area contributed by atoms with Crippen LogP contribution in [0.5, 0.6) is 0 Å². The van der Waals surface area contributed by atoms with Gasteiger partial charge in [0, 0.05) is 58.3 Å². The van der Waals surface area contributed by atoms with Crippen molar-refractivity contribution in [2.45, 2.75) is 38.6 Å². The van der Waals surface area contributed by atoms with E-state index in [1.807, 2.05) is 11.0 Å². The highest BCUT2D eigenvalue weighted by molar-refractivity contribution is 5.80. The fourth-order valence-electron chi connectivity index (χ4n) is 4.12. The molecular weight excluding hydrogens is 368 g/mol. The molecule has 7 heteroatoms. The molecule has 0 aliphatic carbocycles. The maximum absolute atomic E-state index is 12.6. The third-order valence-electron chi connectivity index (χ3n) is 6.02. The lowest BCUT2D eigenvalue weighted by atomic mass is 9.84. The lowest BCUT2D eigenvalue weighted by molar-refractivity contribution is -0.132. The minimum absolute atomic E-state index is 0.0209. The smallest absolute Gasteiger partial charge is 0.222 e. The summed E-state index contributed by atoms with van der Waals surface area (Å²) in [4.78, 5) is 18.8. The Morgan fingerprint density at radius 1 is 1.31 bits per heavy atom. The Kier molecular flexibility index (Phi) is 7.89. The lowest BCUT2D eigenvalue weighted by Crippen LogP contribution is -2.44. The molecule has 1 amide bonds. The van der Waals surface area contributed by atoms with Crippen molar-refractivity contribution in [2.24, 2.45) is 10.4 Å². The first-order valence-electron chi connectivity index (χ1n) is 10.6. The van der Waals surface area contributed by atoms with Crippen molar-refractivity contribution in [1.82, 2.24) is 15.5 Å². The maximum Gasteiger partial charge on any atom is 0.222 e. The van der Waals surface area contributed by atoms with Gasteiger partial charge in [0.2, 0.25) is 5.91 Å². The highest BCUT2D eigenvalue weighted by atomic mass is 16.5. The van der Waals surface area contributed by atoms with Crippen LogP contribution in [0.25, 0.3) is 0 Å². The number of aliphatic hydroxyl groups excluding tert-OH is 1. The average molecular weight is 403 g/mol. The number of benzene rings is 1. The second-order valence-electron chi connectivity index (χ2n) is 8.07. The van der Waals surface area contributed by atoms with Crippen molar-refractivity contribution >= 4 is 11.9 Å². The minimum atomic E-state index is -0.0209. The number of nitrogens with zero attached hydrogens (tertiary/aromatic N) is 2. The fourth-order valence-corrected chi connectivity index (χ4v) is 4.12. The number of nitrogens with one attached hydrogen (secondary N) is 2. The van der Waals surface area contributed by atoms with Crippen molar-refractivity contribution in [2.75, 3.05) is 46.5 Å². The van der Waals surface area contributed by atoms with Crippen LogP contribution in [0.15, 0.2) is 29.3 Å². The monoisotopic (exact) mass is 402 g/mol. The number of hydrogen-bond donors (Lipinski definition) is 3. The number of aliphatic hydroxyl groups is 1. The average Bonchev–Trinajstić information content (AvgIpc) is 3.21. The van der Waals surface area contributed by atoms with Gasteiger partial charge in [0.15, 0.2) is 5.96 Å². The van der Waals surface area contributed by atoms with Crippen LogP contribution in [0.4, 0.5) is 0 Å². The van der Waals surface area contributed by atoms with E-state index in [2.05, 4.69) is 33.8 Å². The number of rotatable bonds is 8. The summed E-state index contributed by atoms with van der Waals surface area (Å²) in [5.41, 5.74) is 2.61. The van der Waals surface area contributed by atoms with Crippen LogP contribution in [0.1, 0.15) is 36.8 Å². The molecule has 3 rings (SSSR count). The van der Waals surface area contributed by atoms with Gasteiger partial charge >= 0.3 is 0 Å². The van der Waals surface area contributed by atoms with Gasteiger partial charge in [-0.25, -0.2) is 0 Å². The first-order chi connectivity index (χ1) is 14.2. The van der Waals surface area contributed by atoms with Gasteiger partial charge in [-0.05, 0) is 36.8 Å². The van der Waals surface area contributed by atoms with Crippen LogP contribution in [-0.2, 0) is 22.5 Å². The zero-order valence-electron chi connectivity index (χ0n) is 17.5. The molecule has 29 heavy (non-hydrogen) atoms. The van der Waals surface area contributed by atoms with Gasteiger partial charge in [-0.3, -0.25) is 9.79 Å². The van der Waals surface area contributed by atoms with Crippen LogP contribution < -0.4 is 10.6 Å². The highest BCUT2D eigenvalue weighted by Crippen LogP contribution is 2.31. The number of fused-ring (bicyclic) bond motifs is 1. The topological polar surface area (TPSA) is 86.2 Å². The van der Waals surface area contributed by atoms with Gasteiger partial charge < -0.3 is 25.4 Å². The summed E-state index contributed by atoms with van der Waals surface area (Å²) in [6, 6.07) is 8.37. The van der Waals surface area contributed by atoms with Crippen LogP contribution in [0.2, 0.25) is 0 Å². The van der Waals surface area contributed by atoms with Crippen molar-refractivity contribution in [1.29, 1.82) is 0 Å². The molecular formula is C22H34N4O3. The van der Waals surface area contributed by atoms with Crippen molar-refractivity contribution in [3.8, 4) is 0 Å². The molecule has 2 heterocycles. The number of aliphatic imine (C=N–C) groups is 1. The molecule has 0 aromatic heterocycles. The number of amides is 1. The summed E-state index contributed by atoms with van der Waals surface area (Å²) >= 11 is 0. The highest BCUT2D eigenvalue weighted by Gasteiger charge is 2.34. The molecule has 2 aliphatic rings. The zero-order valence-corrected chi connectivity index (χ0v) is 17.5. The first kappa shape index (κ1) is 21.6. The van der Waals surface area contributed by atoms with Crippen LogP contribution >= 0.6 is 0 Å². The van der Waals surface area contributed by atoms with Crippen molar-refractivity contribution in [3.63, 3.8) is 0 Å². The minimum Gasteiger partial charge on any atom is -0.396 e. The van der Waals surface area contributed by atoms with E-state index in [0.717, 1.165) is 57.9 Å². The molecule has 3 N–H and O–H groups in total. The van der Waals surface area contributed by atoms with E-state index >= 15 is 0 Å². The molecule has 1 atom stereocenters. The van der Waals surface area contributed by atoms with Gasteiger partial charge in [0.25, 0.3) is 0 Å². The number of hydrogen-bond acceptors (Lipinski definition) is 4. The Bertz CT molecular complexity index is 701. The summed E-state index contributed by atoms with van der Waals surface area (Å²) in [6.45, 7) is 4.53. The second-order valence-corrected chi connectivity index (χ2v) is 8.07. The zero-order chi connectivity index (χ0) is 20.5. The number of carbonyl (C=O) groups is 1. The third kappa shape index (κ3) is 5.93. The van der Waals surface area contributed by atoms with Crippen molar-refractivity contribution < 1.29 is 14.6 Å². The van der Waals surface area contributed by atoms with E-state index in [1.54, 1.807) is 7.05 Å². The molecule has 0 spiro atoms. The molecule has 0 bridgehead atoms. The summed E-state index contributed by atoms with van der Waals surface area (Å²) in [6.07, 6.45) is 3.92. The van der Waals surface area contributed by atoms with E-state index in [-0.39, 0.29) is 17.9 Å². The van der Waals surface area contributed by atoms with E-state index in [0.29, 0.717) is 19.6 Å². The fraction of sp³-hybridized carbons (Fsp3) is 0.636. The van der Waals surface area contributed by atoms with Crippen LogP contribution in [-0.4, -0.2) is 68.4 Å². The Morgan fingerprint density at radius 3 is 2.86 bits per heavy atom. The third-order valence-corrected chi connectivity index (χ3v) is 6.02. The molecule has 160 valence electrons. The molecule has 2 aliphatic heterocycles. The molecule has 7 nitrogen and oxygen atoms in total. The largest absolute Gasteiger partial charge is 0.396 e.